The lowest BCUT2D eigenvalue weighted by Crippen LogP contribution is -2.29. The molecule has 0 saturated carbocycles. The number of carbonyl (C=O) groups excluding carboxylic acids is 3. The van der Waals surface area contributed by atoms with Crippen LogP contribution in [-0.4, -0.2) is 38.0 Å². The number of hydrogen-bond acceptors (Lipinski definition) is 6. The second-order valence-corrected chi connectivity index (χ2v) is 7.88. The SMILES string of the molecule is CCOC(=O)Cc1ccc(N2C(=O)c3c(c(OCC)c4ccccc4c3OCC)C2C=O)c(F)c1. The summed E-state index contributed by atoms with van der Waals surface area (Å²) < 4.78 is 32.0. The smallest absolute Gasteiger partial charge is 0.310 e. The zero-order valence-electron chi connectivity index (χ0n) is 19.8. The second-order valence-electron chi connectivity index (χ2n) is 7.88. The Balaban J connectivity index is 1.88. The van der Waals surface area contributed by atoms with E-state index in [9.17, 15) is 14.4 Å². The van der Waals surface area contributed by atoms with E-state index in [1.807, 2.05) is 31.2 Å². The van der Waals surface area contributed by atoms with Gasteiger partial charge >= 0.3 is 5.97 Å². The lowest BCUT2D eigenvalue weighted by Gasteiger charge is -2.23. The molecule has 0 aliphatic carbocycles. The molecule has 0 spiro atoms. The first-order valence-electron chi connectivity index (χ1n) is 11.5. The molecule has 0 saturated heterocycles. The number of esters is 1. The maximum absolute atomic E-state index is 15.3. The lowest BCUT2D eigenvalue weighted by atomic mass is 9.96. The van der Waals surface area contributed by atoms with Gasteiger partial charge in [0, 0.05) is 16.3 Å². The van der Waals surface area contributed by atoms with Gasteiger partial charge in [0.25, 0.3) is 5.91 Å². The number of nitrogens with zero attached hydrogens (tertiary/aromatic N) is 1. The van der Waals surface area contributed by atoms with Crippen LogP contribution in [0, 0.1) is 5.82 Å². The number of hydrogen-bond donors (Lipinski definition) is 0. The Hall–Kier alpha value is -3.94. The summed E-state index contributed by atoms with van der Waals surface area (Å²) in [7, 11) is 0. The summed E-state index contributed by atoms with van der Waals surface area (Å²) in [4.78, 5) is 39.0. The van der Waals surface area contributed by atoms with Crippen molar-refractivity contribution in [2.45, 2.75) is 33.2 Å². The van der Waals surface area contributed by atoms with Crippen LogP contribution >= 0.6 is 0 Å². The maximum Gasteiger partial charge on any atom is 0.310 e. The van der Waals surface area contributed by atoms with Crippen molar-refractivity contribution in [1.82, 2.24) is 0 Å². The molecule has 3 aromatic rings. The maximum atomic E-state index is 15.3. The van der Waals surface area contributed by atoms with Crippen LogP contribution in [-0.2, 0) is 20.7 Å². The number of rotatable bonds is 9. The fourth-order valence-electron chi connectivity index (χ4n) is 4.48. The molecule has 0 aromatic heterocycles. The van der Waals surface area contributed by atoms with Gasteiger partial charge in [0.1, 0.15) is 29.6 Å². The second kappa shape index (κ2) is 10.1. The Morgan fingerprint density at radius 1 is 1.00 bits per heavy atom. The summed E-state index contributed by atoms with van der Waals surface area (Å²) in [6.07, 6.45) is 0.493. The summed E-state index contributed by atoms with van der Waals surface area (Å²) >= 11 is 0. The third-order valence-electron chi connectivity index (χ3n) is 5.80. The van der Waals surface area contributed by atoms with Crippen LogP contribution < -0.4 is 14.4 Å². The van der Waals surface area contributed by atoms with Gasteiger partial charge < -0.3 is 19.0 Å². The van der Waals surface area contributed by atoms with Crippen molar-refractivity contribution < 1.29 is 33.0 Å². The number of halogens is 1. The third-order valence-corrected chi connectivity index (χ3v) is 5.80. The number of ether oxygens (including phenoxy) is 3. The summed E-state index contributed by atoms with van der Waals surface area (Å²) in [5.41, 5.74) is 0.849. The first-order chi connectivity index (χ1) is 17.0. The van der Waals surface area contributed by atoms with Crippen molar-refractivity contribution in [2.75, 3.05) is 24.7 Å². The highest BCUT2D eigenvalue weighted by Gasteiger charge is 2.44. The minimum Gasteiger partial charge on any atom is -0.493 e. The number of fused-ring (bicyclic) bond motifs is 2. The van der Waals surface area contributed by atoms with Crippen molar-refractivity contribution >= 4 is 34.6 Å². The van der Waals surface area contributed by atoms with Gasteiger partial charge in [-0.25, -0.2) is 4.39 Å². The molecule has 182 valence electrons. The molecule has 1 aliphatic heterocycles. The molecule has 0 N–H and O–H groups in total. The minimum atomic E-state index is -1.12. The summed E-state index contributed by atoms with van der Waals surface area (Å²) in [6, 6.07) is 10.3. The molecule has 0 radical (unpaired) electrons. The number of aldehydes is 1. The van der Waals surface area contributed by atoms with E-state index < -0.39 is 23.7 Å². The van der Waals surface area contributed by atoms with Gasteiger partial charge in [0.15, 0.2) is 0 Å². The Labute approximate surface area is 202 Å². The zero-order chi connectivity index (χ0) is 25.1. The standard InChI is InChI=1S/C27H26FNO6/c1-4-33-22(31)14-16-11-12-20(19(28)13-16)29-21(15-30)23-24(27(29)32)26(35-6-3)18-10-8-7-9-17(18)25(23)34-5-2/h7-13,15,21H,4-6,14H2,1-3H3. The van der Waals surface area contributed by atoms with Gasteiger partial charge in [-0.05, 0) is 38.5 Å². The van der Waals surface area contributed by atoms with E-state index in [1.54, 1.807) is 13.8 Å². The number of amides is 1. The van der Waals surface area contributed by atoms with Crippen molar-refractivity contribution in [3.8, 4) is 11.5 Å². The average molecular weight is 480 g/mol. The molecule has 7 nitrogen and oxygen atoms in total. The van der Waals surface area contributed by atoms with Gasteiger partial charge in [-0.15, -0.1) is 0 Å². The molecule has 1 heterocycles. The Morgan fingerprint density at radius 3 is 2.26 bits per heavy atom. The van der Waals surface area contributed by atoms with Crippen LogP contribution in [0.3, 0.4) is 0 Å². The molecular formula is C27H26FNO6. The Kier molecular flexibility index (Phi) is 7.00. The van der Waals surface area contributed by atoms with Crippen LogP contribution in [0.25, 0.3) is 10.8 Å². The van der Waals surface area contributed by atoms with E-state index in [2.05, 4.69) is 0 Å². The van der Waals surface area contributed by atoms with E-state index >= 15 is 4.39 Å². The first kappa shape index (κ1) is 24.2. The highest BCUT2D eigenvalue weighted by Crippen LogP contribution is 2.50. The highest BCUT2D eigenvalue weighted by molar-refractivity contribution is 6.20. The predicted octanol–water partition coefficient (Wildman–Crippen LogP) is 4.78. The largest absolute Gasteiger partial charge is 0.493 e. The van der Waals surface area contributed by atoms with Crippen LogP contribution in [0.15, 0.2) is 42.5 Å². The molecule has 8 heteroatoms. The van der Waals surface area contributed by atoms with Gasteiger partial charge in [-0.2, -0.15) is 0 Å². The summed E-state index contributed by atoms with van der Waals surface area (Å²) in [6.45, 7) is 6.12. The van der Waals surface area contributed by atoms with E-state index in [0.29, 0.717) is 52.9 Å². The van der Waals surface area contributed by atoms with Gasteiger partial charge in [-0.3, -0.25) is 14.5 Å². The summed E-state index contributed by atoms with van der Waals surface area (Å²) in [5, 5.41) is 1.37. The van der Waals surface area contributed by atoms with E-state index in [0.717, 1.165) is 4.90 Å². The van der Waals surface area contributed by atoms with Crippen LogP contribution in [0.5, 0.6) is 11.5 Å². The van der Waals surface area contributed by atoms with Crippen molar-refractivity contribution in [2.24, 2.45) is 0 Å². The molecule has 3 aromatic carbocycles. The lowest BCUT2D eigenvalue weighted by molar-refractivity contribution is -0.142. The normalized spacial score (nSPS) is 14.7. The Morgan fingerprint density at radius 2 is 1.66 bits per heavy atom. The predicted molar refractivity (Wildman–Crippen MR) is 129 cm³/mol. The fourth-order valence-corrected chi connectivity index (χ4v) is 4.48. The first-order valence-corrected chi connectivity index (χ1v) is 11.5. The molecule has 1 aliphatic rings. The minimum absolute atomic E-state index is 0.0788. The van der Waals surface area contributed by atoms with Gasteiger partial charge in [-0.1, -0.05) is 30.3 Å². The molecule has 1 unspecified atom stereocenters. The quantitative estimate of drug-likeness (QED) is 0.324. The van der Waals surface area contributed by atoms with Gasteiger partial charge in [0.05, 0.1) is 37.5 Å². The molecule has 1 amide bonds. The summed E-state index contributed by atoms with van der Waals surface area (Å²) in [5.74, 6) is -1.05. The monoisotopic (exact) mass is 479 g/mol. The van der Waals surface area contributed by atoms with E-state index in [4.69, 9.17) is 14.2 Å². The van der Waals surface area contributed by atoms with E-state index in [-0.39, 0.29) is 24.3 Å². The van der Waals surface area contributed by atoms with E-state index in [1.165, 1.54) is 18.2 Å². The molecule has 0 fully saturated rings. The van der Waals surface area contributed by atoms with Gasteiger partial charge in [0.2, 0.25) is 0 Å². The Bertz CT molecular complexity index is 1300. The van der Waals surface area contributed by atoms with Crippen molar-refractivity contribution in [3.05, 3.63) is 65.0 Å². The number of carbonyl (C=O) groups is 3. The topological polar surface area (TPSA) is 82.1 Å². The average Bonchev–Trinajstić information content (AvgIpc) is 3.13. The van der Waals surface area contributed by atoms with Crippen molar-refractivity contribution in [3.63, 3.8) is 0 Å². The third kappa shape index (κ3) is 4.20. The van der Waals surface area contributed by atoms with Crippen LogP contribution in [0.4, 0.5) is 10.1 Å². The molecule has 4 rings (SSSR count). The number of benzene rings is 3. The molecule has 35 heavy (non-hydrogen) atoms. The highest BCUT2D eigenvalue weighted by atomic mass is 19.1. The number of anilines is 1. The molecular weight excluding hydrogens is 453 g/mol. The molecule has 0 bridgehead atoms. The van der Waals surface area contributed by atoms with Crippen molar-refractivity contribution in [1.29, 1.82) is 0 Å². The molecule has 1 atom stereocenters. The zero-order valence-corrected chi connectivity index (χ0v) is 19.8. The van der Waals surface area contributed by atoms with Crippen LogP contribution in [0.2, 0.25) is 0 Å². The fraction of sp³-hybridized carbons (Fsp3) is 0.296. The van der Waals surface area contributed by atoms with Crippen LogP contribution in [0.1, 0.15) is 48.3 Å².